The van der Waals surface area contributed by atoms with Gasteiger partial charge in [0.15, 0.2) is 0 Å². The van der Waals surface area contributed by atoms with Crippen molar-refractivity contribution in [1.29, 1.82) is 0 Å². The molecule has 0 saturated heterocycles. The van der Waals surface area contributed by atoms with Crippen molar-refractivity contribution in [2.45, 2.75) is 24.2 Å². The molecule has 0 unspecified atom stereocenters. The zero-order valence-electron chi connectivity index (χ0n) is 10.8. The van der Waals surface area contributed by atoms with Crippen LogP contribution in [0, 0.1) is 6.92 Å². The fourth-order valence-electron chi connectivity index (χ4n) is 1.48. The molecule has 0 radical (unpaired) electrons. The van der Waals surface area contributed by atoms with E-state index in [0.717, 1.165) is 16.9 Å². The van der Waals surface area contributed by atoms with Crippen LogP contribution >= 0.6 is 11.3 Å². The van der Waals surface area contributed by atoms with E-state index in [4.69, 9.17) is 9.84 Å². The third-order valence-electron chi connectivity index (χ3n) is 2.63. The first-order chi connectivity index (χ1) is 8.43. The minimum absolute atomic E-state index is 0.126. The third kappa shape index (κ3) is 3.52. The summed E-state index contributed by atoms with van der Waals surface area (Å²) in [5.74, 6) is 0. The summed E-state index contributed by atoms with van der Waals surface area (Å²) in [6.45, 7) is 2.62. The number of hydrogen-bond donors (Lipinski definition) is 1. The summed E-state index contributed by atoms with van der Waals surface area (Å²) in [5.41, 5.74) is 0.811. The molecule has 0 aliphatic heterocycles. The van der Waals surface area contributed by atoms with Gasteiger partial charge in [-0.1, -0.05) is 0 Å². The number of rotatable bonds is 7. The Balaban J connectivity index is 2.84. The molecule has 0 aliphatic rings. The van der Waals surface area contributed by atoms with Crippen LogP contribution in [0.3, 0.4) is 0 Å². The van der Waals surface area contributed by atoms with Gasteiger partial charge >= 0.3 is 0 Å². The first-order valence-electron chi connectivity index (χ1n) is 5.59. The number of nitrogens with zero attached hydrogens (tertiary/aromatic N) is 1. The zero-order chi connectivity index (χ0) is 13.8. The second-order valence-corrected chi connectivity index (χ2v) is 7.41. The molecule has 104 valence electrons. The number of aliphatic hydroxyl groups is 1. The van der Waals surface area contributed by atoms with E-state index in [1.807, 2.05) is 0 Å². The second kappa shape index (κ2) is 6.63. The van der Waals surface area contributed by atoms with Crippen LogP contribution in [0.1, 0.15) is 16.9 Å². The average molecular weight is 293 g/mol. The average Bonchev–Trinajstić information content (AvgIpc) is 2.71. The Morgan fingerprint density at radius 1 is 1.50 bits per heavy atom. The van der Waals surface area contributed by atoms with Crippen LogP contribution in [0.15, 0.2) is 10.3 Å². The Morgan fingerprint density at radius 2 is 2.17 bits per heavy atom. The van der Waals surface area contributed by atoms with Gasteiger partial charge in [0.25, 0.3) is 10.0 Å². The van der Waals surface area contributed by atoms with Crippen LogP contribution in [-0.4, -0.2) is 45.1 Å². The maximum atomic E-state index is 12.2. The Morgan fingerprint density at radius 3 is 2.67 bits per heavy atom. The predicted octanol–water partition coefficient (Wildman–Crippen LogP) is 1.21. The summed E-state index contributed by atoms with van der Waals surface area (Å²) in [6, 6.07) is 1.61. The number of hydrogen-bond acceptors (Lipinski definition) is 5. The Hall–Kier alpha value is -0.470. The van der Waals surface area contributed by atoms with Gasteiger partial charge in [-0.05, 0) is 25.0 Å². The molecule has 5 nitrogen and oxygen atoms in total. The SMILES string of the molecule is COCCCN(C)S(=O)(=O)c1cc(C)c(CO)s1. The van der Waals surface area contributed by atoms with Gasteiger partial charge in [-0.25, -0.2) is 12.7 Å². The standard InChI is InChI=1S/C11H19NO4S2/c1-9-7-11(17-10(9)8-13)18(14,15)12(2)5-4-6-16-3/h7,13H,4-6,8H2,1-3H3. The van der Waals surface area contributed by atoms with Crippen molar-refractivity contribution in [3.05, 3.63) is 16.5 Å². The smallest absolute Gasteiger partial charge is 0.252 e. The van der Waals surface area contributed by atoms with Crippen molar-refractivity contribution >= 4 is 21.4 Å². The van der Waals surface area contributed by atoms with E-state index >= 15 is 0 Å². The van der Waals surface area contributed by atoms with Crippen molar-refractivity contribution < 1.29 is 18.3 Å². The number of thiophene rings is 1. The summed E-state index contributed by atoms with van der Waals surface area (Å²) in [7, 11) is -0.304. The molecule has 1 aromatic rings. The lowest BCUT2D eigenvalue weighted by Gasteiger charge is -2.15. The fourth-order valence-corrected chi connectivity index (χ4v) is 4.35. The lowest BCUT2D eigenvalue weighted by atomic mass is 10.3. The van der Waals surface area contributed by atoms with Crippen LogP contribution in [0.2, 0.25) is 0 Å². The molecular formula is C11H19NO4S2. The molecule has 1 heterocycles. The summed E-state index contributed by atoms with van der Waals surface area (Å²) in [6.07, 6.45) is 0.656. The first-order valence-corrected chi connectivity index (χ1v) is 7.84. The molecule has 1 rings (SSSR count). The van der Waals surface area contributed by atoms with E-state index in [2.05, 4.69) is 0 Å². The molecule has 18 heavy (non-hydrogen) atoms. The maximum Gasteiger partial charge on any atom is 0.252 e. The highest BCUT2D eigenvalue weighted by Crippen LogP contribution is 2.27. The van der Waals surface area contributed by atoms with Crippen molar-refractivity contribution in [3.63, 3.8) is 0 Å². The highest BCUT2D eigenvalue weighted by Gasteiger charge is 2.23. The van der Waals surface area contributed by atoms with E-state index in [1.165, 1.54) is 4.31 Å². The van der Waals surface area contributed by atoms with E-state index in [1.54, 1.807) is 27.1 Å². The molecule has 0 amide bonds. The van der Waals surface area contributed by atoms with E-state index < -0.39 is 10.0 Å². The van der Waals surface area contributed by atoms with E-state index in [9.17, 15) is 8.42 Å². The highest BCUT2D eigenvalue weighted by atomic mass is 32.2. The summed E-state index contributed by atoms with van der Waals surface area (Å²) >= 11 is 1.12. The molecule has 1 aromatic heterocycles. The van der Waals surface area contributed by atoms with Crippen molar-refractivity contribution in [3.8, 4) is 0 Å². The normalized spacial score (nSPS) is 12.3. The Kier molecular flexibility index (Phi) is 5.74. The second-order valence-electron chi connectivity index (χ2n) is 4.00. The highest BCUT2D eigenvalue weighted by molar-refractivity contribution is 7.91. The van der Waals surface area contributed by atoms with Gasteiger partial charge < -0.3 is 9.84 Å². The van der Waals surface area contributed by atoms with Crippen LogP contribution in [0.5, 0.6) is 0 Å². The van der Waals surface area contributed by atoms with Gasteiger partial charge in [-0.2, -0.15) is 0 Å². The first kappa shape index (κ1) is 15.6. The minimum Gasteiger partial charge on any atom is -0.391 e. The molecule has 0 atom stereocenters. The molecule has 0 fully saturated rings. The fraction of sp³-hybridized carbons (Fsp3) is 0.636. The number of aliphatic hydroxyl groups excluding tert-OH is 1. The van der Waals surface area contributed by atoms with Gasteiger partial charge in [0.05, 0.1) is 6.61 Å². The number of methoxy groups -OCH3 is 1. The molecule has 0 saturated carbocycles. The van der Waals surface area contributed by atoms with Crippen LogP contribution in [0.25, 0.3) is 0 Å². The molecule has 0 aliphatic carbocycles. The van der Waals surface area contributed by atoms with Crippen LogP contribution in [-0.2, 0) is 21.4 Å². The van der Waals surface area contributed by atoms with Crippen molar-refractivity contribution in [1.82, 2.24) is 4.31 Å². The summed E-state index contributed by atoms with van der Waals surface area (Å²) in [4.78, 5) is 0.693. The van der Waals surface area contributed by atoms with Gasteiger partial charge in [0, 0.05) is 32.2 Å². The van der Waals surface area contributed by atoms with Gasteiger partial charge in [-0.15, -0.1) is 11.3 Å². The number of aryl methyl sites for hydroxylation is 1. The predicted molar refractivity (Wildman–Crippen MR) is 71.3 cm³/mol. The third-order valence-corrected chi connectivity index (χ3v) is 6.16. The number of ether oxygens (including phenoxy) is 1. The lowest BCUT2D eigenvalue weighted by Crippen LogP contribution is -2.28. The molecule has 1 N–H and O–H groups in total. The monoisotopic (exact) mass is 293 g/mol. The van der Waals surface area contributed by atoms with Crippen LogP contribution < -0.4 is 0 Å². The minimum atomic E-state index is -3.45. The Labute approximate surface area is 112 Å². The molecule has 0 bridgehead atoms. The number of sulfonamides is 1. The van der Waals surface area contributed by atoms with E-state index in [-0.39, 0.29) is 10.8 Å². The van der Waals surface area contributed by atoms with E-state index in [0.29, 0.717) is 24.4 Å². The van der Waals surface area contributed by atoms with Crippen molar-refractivity contribution in [2.24, 2.45) is 0 Å². The van der Waals surface area contributed by atoms with Gasteiger partial charge in [0.1, 0.15) is 4.21 Å². The van der Waals surface area contributed by atoms with Crippen LogP contribution in [0.4, 0.5) is 0 Å². The molecule has 0 aromatic carbocycles. The van der Waals surface area contributed by atoms with Crippen molar-refractivity contribution in [2.75, 3.05) is 27.3 Å². The molecule has 7 heteroatoms. The molecule has 0 spiro atoms. The maximum absolute atomic E-state index is 12.2. The Bertz CT molecular complexity index is 481. The molecular weight excluding hydrogens is 274 g/mol. The quantitative estimate of drug-likeness (QED) is 0.767. The zero-order valence-corrected chi connectivity index (χ0v) is 12.5. The summed E-state index contributed by atoms with van der Waals surface area (Å²) in [5, 5.41) is 9.09. The lowest BCUT2D eigenvalue weighted by molar-refractivity contribution is 0.189. The van der Waals surface area contributed by atoms with Gasteiger partial charge in [0.2, 0.25) is 0 Å². The van der Waals surface area contributed by atoms with Gasteiger partial charge in [-0.3, -0.25) is 0 Å². The summed E-state index contributed by atoms with van der Waals surface area (Å²) < 4.78 is 30.9. The largest absolute Gasteiger partial charge is 0.391 e. The topological polar surface area (TPSA) is 66.8 Å².